The van der Waals surface area contributed by atoms with E-state index in [1.807, 2.05) is 47.0 Å². The monoisotopic (exact) mass is 461 g/mol. The summed E-state index contributed by atoms with van der Waals surface area (Å²) in [4.78, 5) is 25.6. The Balaban J connectivity index is 1.38. The average molecular weight is 462 g/mol. The first-order valence-corrected chi connectivity index (χ1v) is 11.9. The molecule has 0 fully saturated rings. The zero-order valence-corrected chi connectivity index (χ0v) is 19.7. The first-order chi connectivity index (χ1) is 17.2. The molecule has 5 aromatic rings. The van der Waals surface area contributed by atoms with Crippen LogP contribution >= 0.6 is 0 Å². The summed E-state index contributed by atoms with van der Waals surface area (Å²) in [5.74, 6) is 0.0568. The lowest BCUT2D eigenvalue weighted by Crippen LogP contribution is -2.36. The maximum atomic E-state index is 13.8. The van der Waals surface area contributed by atoms with Gasteiger partial charge in [0.05, 0.1) is 18.6 Å². The van der Waals surface area contributed by atoms with Crippen molar-refractivity contribution in [2.24, 2.45) is 7.05 Å². The van der Waals surface area contributed by atoms with Crippen LogP contribution in [0.4, 0.5) is 5.69 Å². The summed E-state index contributed by atoms with van der Waals surface area (Å²) in [5, 5.41) is 1.08. The Morgan fingerprint density at radius 1 is 0.943 bits per heavy atom. The number of rotatable bonds is 4. The van der Waals surface area contributed by atoms with Crippen LogP contribution in [0.15, 0.2) is 91.4 Å². The Kier molecular flexibility index (Phi) is 5.34. The second-order valence-electron chi connectivity index (χ2n) is 9.07. The highest BCUT2D eigenvalue weighted by molar-refractivity contribution is 5.99. The number of imidazole rings is 1. The quantitative estimate of drug-likeness (QED) is 0.399. The largest absolute Gasteiger partial charge is 0.364 e. The zero-order valence-electron chi connectivity index (χ0n) is 19.7. The standard InChI is InChI=1S/C29H27N5O/c1-32-26-10-6-5-9-23(26)16-28(32)29(35)34-14-13-33(19-25-17-30-20-31-25)27-12-11-22(15-24(27)18-34)21-7-3-2-4-8-21/h2-12,15-17,20H,13-14,18-19H2,1H3,(H,30,31). The number of carbonyl (C=O) groups is 1. The molecule has 3 aromatic carbocycles. The number of benzene rings is 3. The number of hydrogen-bond donors (Lipinski definition) is 1. The van der Waals surface area contributed by atoms with Gasteiger partial charge in [0, 0.05) is 49.5 Å². The van der Waals surface area contributed by atoms with Crippen LogP contribution in [0.5, 0.6) is 0 Å². The van der Waals surface area contributed by atoms with Crippen molar-refractivity contribution in [3.05, 3.63) is 108 Å². The number of para-hydroxylation sites is 1. The molecule has 0 spiro atoms. The highest BCUT2D eigenvalue weighted by Gasteiger charge is 2.26. The minimum Gasteiger partial charge on any atom is -0.364 e. The summed E-state index contributed by atoms with van der Waals surface area (Å²) in [6.07, 6.45) is 3.64. The van der Waals surface area contributed by atoms with Gasteiger partial charge in [-0.1, -0.05) is 54.6 Å². The van der Waals surface area contributed by atoms with E-state index >= 15 is 0 Å². The predicted molar refractivity (Wildman–Crippen MR) is 139 cm³/mol. The fourth-order valence-corrected chi connectivity index (χ4v) is 5.04. The summed E-state index contributed by atoms with van der Waals surface area (Å²) < 4.78 is 2.01. The smallest absolute Gasteiger partial charge is 0.270 e. The lowest BCUT2D eigenvalue weighted by molar-refractivity contribution is 0.0742. The summed E-state index contributed by atoms with van der Waals surface area (Å²) in [6, 6.07) is 27.1. The van der Waals surface area contributed by atoms with Crippen molar-refractivity contribution in [1.29, 1.82) is 0 Å². The molecule has 35 heavy (non-hydrogen) atoms. The van der Waals surface area contributed by atoms with Gasteiger partial charge in [0.15, 0.2) is 0 Å². The van der Waals surface area contributed by atoms with Gasteiger partial charge in [-0.3, -0.25) is 4.79 Å². The summed E-state index contributed by atoms with van der Waals surface area (Å²) in [6.45, 7) is 2.63. The fourth-order valence-electron chi connectivity index (χ4n) is 5.04. The second-order valence-corrected chi connectivity index (χ2v) is 9.07. The minimum absolute atomic E-state index is 0.0568. The van der Waals surface area contributed by atoms with Gasteiger partial charge in [-0.05, 0) is 41.0 Å². The van der Waals surface area contributed by atoms with Gasteiger partial charge in [-0.15, -0.1) is 0 Å². The summed E-state index contributed by atoms with van der Waals surface area (Å²) >= 11 is 0. The Hall–Kier alpha value is -4.32. The maximum absolute atomic E-state index is 13.8. The lowest BCUT2D eigenvalue weighted by Gasteiger charge is -2.24. The number of carbonyl (C=O) groups excluding carboxylic acids is 1. The summed E-state index contributed by atoms with van der Waals surface area (Å²) in [5.41, 5.74) is 7.39. The van der Waals surface area contributed by atoms with Crippen LogP contribution in [-0.2, 0) is 20.1 Å². The first kappa shape index (κ1) is 21.2. The van der Waals surface area contributed by atoms with Crippen LogP contribution in [0.2, 0.25) is 0 Å². The number of nitrogens with one attached hydrogen (secondary N) is 1. The molecule has 2 aromatic heterocycles. The summed E-state index contributed by atoms with van der Waals surface area (Å²) in [7, 11) is 1.97. The minimum atomic E-state index is 0.0568. The number of nitrogens with zero attached hydrogens (tertiary/aromatic N) is 4. The molecule has 6 rings (SSSR count). The van der Waals surface area contributed by atoms with Crippen molar-refractivity contribution in [3.63, 3.8) is 0 Å². The van der Waals surface area contributed by atoms with Crippen LogP contribution in [-0.4, -0.2) is 38.4 Å². The topological polar surface area (TPSA) is 57.2 Å². The third-order valence-corrected chi connectivity index (χ3v) is 6.89. The molecule has 0 aliphatic carbocycles. The Morgan fingerprint density at radius 2 is 1.77 bits per heavy atom. The second kappa shape index (κ2) is 8.80. The third kappa shape index (κ3) is 3.97. The molecule has 0 atom stereocenters. The Bertz CT molecular complexity index is 1490. The van der Waals surface area contributed by atoms with Crippen LogP contribution in [0, 0.1) is 0 Å². The van der Waals surface area contributed by atoms with E-state index < -0.39 is 0 Å². The molecular weight excluding hydrogens is 434 g/mol. The van der Waals surface area contributed by atoms with Crippen molar-refractivity contribution in [2.75, 3.05) is 18.0 Å². The van der Waals surface area contributed by atoms with Gasteiger partial charge in [0.1, 0.15) is 5.69 Å². The van der Waals surface area contributed by atoms with Gasteiger partial charge < -0.3 is 19.4 Å². The number of hydrogen-bond acceptors (Lipinski definition) is 3. The molecule has 6 nitrogen and oxygen atoms in total. The number of H-pyrrole nitrogens is 1. The lowest BCUT2D eigenvalue weighted by atomic mass is 10.0. The van der Waals surface area contributed by atoms with Crippen molar-refractivity contribution in [1.82, 2.24) is 19.4 Å². The van der Waals surface area contributed by atoms with E-state index in [1.54, 1.807) is 6.33 Å². The molecule has 1 aliphatic heterocycles. The highest BCUT2D eigenvalue weighted by atomic mass is 16.2. The maximum Gasteiger partial charge on any atom is 0.270 e. The van der Waals surface area contributed by atoms with Gasteiger partial charge in [0.2, 0.25) is 0 Å². The van der Waals surface area contributed by atoms with Crippen molar-refractivity contribution in [2.45, 2.75) is 13.1 Å². The molecule has 1 amide bonds. The molecule has 0 radical (unpaired) electrons. The molecule has 0 saturated heterocycles. The van der Waals surface area contributed by atoms with Gasteiger partial charge in [0.25, 0.3) is 5.91 Å². The molecule has 0 unspecified atom stereocenters. The van der Waals surface area contributed by atoms with E-state index in [2.05, 4.69) is 69.5 Å². The van der Waals surface area contributed by atoms with E-state index in [9.17, 15) is 4.79 Å². The molecule has 174 valence electrons. The van der Waals surface area contributed by atoms with Crippen molar-refractivity contribution < 1.29 is 4.79 Å². The van der Waals surface area contributed by atoms with Crippen LogP contribution < -0.4 is 4.90 Å². The van der Waals surface area contributed by atoms with Gasteiger partial charge >= 0.3 is 0 Å². The first-order valence-electron chi connectivity index (χ1n) is 11.9. The zero-order chi connectivity index (χ0) is 23.8. The van der Waals surface area contributed by atoms with E-state index in [0.29, 0.717) is 25.3 Å². The highest BCUT2D eigenvalue weighted by Crippen LogP contribution is 2.32. The number of aromatic nitrogens is 3. The van der Waals surface area contributed by atoms with E-state index in [-0.39, 0.29) is 5.91 Å². The van der Waals surface area contributed by atoms with Crippen LogP contribution in [0.25, 0.3) is 22.0 Å². The van der Waals surface area contributed by atoms with Gasteiger partial charge in [-0.2, -0.15) is 0 Å². The Labute approximate surface area is 204 Å². The number of aromatic amines is 1. The van der Waals surface area contributed by atoms with Gasteiger partial charge in [-0.25, -0.2) is 4.98 Å². The number of aryl methyl sites for hydroxylation is 1. The number of fused-ring (bicyclic) bond motifs is 2. The number of anilines is 1. The molecule has 3 heterocycles. The van der Waals surface area contributed by atoms with Crippen molar-refractivity contribution >= 4 is 22.5 Å². The van der Waals surface area contributed by atoms with E-state index in [4.69, 9.17) is 0 Å². The Morgan fingerprint density at radius 3 is 2.57 bits per heavy atom. The van der Waals surface area contributed by atoms with Crippen LogP contribution in [0.1, 0.15) is 21.7 Å². The molecule has 1 N–H and O–H groups in total. The molecule has 6 heteroatoms. The van der Waals surface area contributed by atoms with E-state index in [1.165, 1.54) is 5.56 Å². The SMILES string of the molecule is Cn1c(C(=O)N2CCN(Cc3c[nH]cn3)c3ccc(-c4ccccc4)cc3C2)cc2ccccc21. The van der Waals surface area contributed by atoms with Crippen LogP contribution in [0.3, 0.4) is 0 Å². The normalized spacial score (nSPS) is 13.6. The number of amides is 1. The average Bonchev–Trinajstić information content (AvgIpc) is 3.49. The molecular formula is C29H27N5O. The van der Waals surface area contributed by atoms with E-state index in [0.717, 1.165) is 40.0 Å². The molecule has 0 saturated carbocycles. The van der Waals surface area contributed by atoms with Crippen molar-refractivity contribution in [3.8, 4) is 11.1 Å². The predicted octanol–water partition coefficient (Wildman–Crippen LogP) is 5.23. The molecule has 1 aliphatic rings. The molecule has 0 bridgehead atoms. The fraction of sp³-hybridized carbons (Fsp3) is 0.172. The third-order valence-electron chi connectivity index (χ3n) is 6.89.